The number of unbranched alkanes of at least 4 members (excludes halogenated alkanes) is 1. The van der Waals surface area contributed by atoms with Gasteiger partial charge in [-0.3, -0.25) is 9.59 Å². The van der Waals surface area contributed by atoms with Gasteiger partial charge in [0.1, 0.15) is 12.3 Å². The summed E-state index contributed by atoms with van der Waals surface area (Å²) >= 11 is 0. The van der Waals surface area contributed by atoms with E-state index in [1.54, 1.807) is 12.1 Å². The summed E-state index contributed by atoms with van der Waals surface area (Å²) in [6.07, 6.45) is 3.25. The van der Waals surface area contributed by atoms with Crippen LogP contribution in [0, 0.1) is 0 Å². The number of hydrogen-bond acceptors (Lipinski definition) is 5. The van der Waals surface area contributed by atoms with Crippen molar-refractivity contribution in [1.82, 2.24) is 10.3 Å². The van der Waals surface area contributed by atoms with Crippen LogP contribution >= 0.6 is 0 Å². The highest BCUT2D eigenvalue weighted by molar-refractivity contribution is 5.96. The van der Waals surface area contributed by atoms with Gasteiger partial charge in [0.15, 0.2) is 5.69 Å². The van der Waals surface area contributed by atoms with E-state index in [0.717, 1.165) is 12.8 Å². The summed E-state index contributed by atoms with van der Waals surface area (Å²) in [4.78, 5) is 27.0. The van der Waals surface area contributed by atoms with Crippen LogP contribution in [0.2, 0.25) is 0 Å². The molecular formula is C13H18N2O4. The Balaban J connectivity index is 2.44. The van der Waals surface area contributed by atoms with Gasteiger partial charge in [-0.2, -0.15) is 0 Å². The molecule has 0 aromatic carbocycles. The van der Waals surface area contributed by atoms with E-state index in [-0.39, 0.29) is 12.2 Å². The van der Waals surface area contributed by atoms with E-state index < -0.39 is 11.9 Å². The van der Waals surface area contributed by atoms with E-state index in [2.05, 4.69) is 10.3 Å². The summed E-state index contributed by atoms with van der Waals surface area (Å²) in [5, 5.41) is 2.44. The topological polar surface area (TPSA) is 77.5 Å². The monoisotopic (exact) mass is 266 g/mol. The van der Waals surface area contributed by atoms with E-state index in [0.29, 0.717) is 12.4 Å². The van der Waals surface area contributed by atoms with Crippen molar-refractivity contribution in [3.63, 3.8) is 0 Å². The molecule has 0 aliphatic heterocycles. The Hall–Kier alpha value is -2.11. The maximum Gasteiger partial charge on any atom is 0.325 e. The summed E-state index contributed by atoms with van der Waals surface area (Å²) in [6, 6.07) is 3.29. The summed E-state index contributed by atoms with van der Waals surface area (Å²) in [6.45, 7) is 2.20. The van der Waals surface area contributed by atoms with E-state index >= 15 is 0 Å². The molecule has 1 N–H and O–H groups in total. The largest absolute Gasteiger partial charge is 0.494 e. The number of ether oxygens (including phenoxy) is 2. The zero-order valence-corrected chi connectivity index (χ0v) is 11.1. The van der Waals surface area contributed by atoms with Crippen LogP contribution in [0.15, 0.2) is 18.3 Å². The predicted octanol–water partition coefficient (Wildman–Crippen LogP) is 1.16. The van der Waals surface area contributed by atoms with Gasteiger partial charge in [-0.05, 0) is 18.6 Å². The molecule has 6 nitrogen and oxygen atoms in total. The van der Waals surface area contributed by atoms with Gasteiger partial charge in [0.25, 0.3) is 5.91 Å². The average molecular weight is 266 g/mol. The van der Waals surface area contributed by atoms with Gasteiger partial charge in [0, 0.05) is 6.20 Å². The first-order valence-corrected chi connectivity index (χ1v) is 6.11. The Labute approximate surface area is 112 Å². The van der Waals surface area contributed by atoms with Crippen molar-refractivity contribution in [1.29, 1.82) is 0 Å². The van der Waals surface area contributed by atoms with Gasteiger partial charge in [0.05, 0.1) is 13.7 Å². The summed E-state index contributed by atoms with van der Waals surface area (Å²) in [5.41, 5.74) is 0.145. The SMILES string of the molecule is CCCCOC(=O)CNC(=O)c1ncccc1OC. The number of nitrogens with one attached hydrogen (secondary N) is 1. The molecule has 0 unspecified atom stereocenters. The molecule has 104 valence electrons. The lowest BCUT2D eigenvalue weighted by molar-refractivity contribution is -0.142. The Morgan fingerprint density at radius 1 is 1.42 bits per heavy atom. The van der Waals surface area contributed by atoms with Crippen molar-refractivity contribution in [3.8, 4) is 5.75 Å². The van der Waals surface area contributed by atoms with Crippen LogP contribution < -0.4 is 10.1 Å². The molecule has 19 heavy (non-hydrogen) atoms. The zero-order valence-electron chi connectivity index (χ0n) is 11.1. The molecule has 6 heteroatoms. The maximum absolute atomic E-state index is 11.8. The number of amides is 1. The molecule has 0 bridgehead atoms. The lowest BCUT2D eigenvalue weighted by atomic mass is 10.3. The van der Waals surface area contributed by atoms with Crippen LogP contribution in [0.4, 0.5) is 0 Å². The third kappa shape index (κ3) is 4.95. The van der Waals surface area contributed by atoms with Gasteiger partial charge >= 0.3 is 5.97 Å². The number of aromatic nitrogens is 1. The van der Waals surface area contributed by atoms with Gasteiger partial charge in [-0.15, -0.1) is 0 Å². The minimum Gasteiger partial charge on any atom is -0.494 e. The molecule has 0 saturated heterocycles. The number of esters is 1. The van der Waals surface area contributed by atoms with Gasteiger partial charge in [-0.1, -0.05) is 13.3 Å². The van der Waals surface area contributed by atoms with E-state index in [9.17, 15) is 9.59 Å². The number of hydrogen-bond donors (Lipinski definition) is 1. The lowest BCUT2D eigenvalue weighted by Gasteiger charge is -2.08. The molecule has 0 aliphatic rings. The van der Waals surface area contributed by atoms with Crippen LogP contribution in [0.1, 0.15) is 30.3 Å². The minimum atomic E-state index is -0.468. The Bertz CT molecular complexity index is 434. The Kier molecular flexibility index (Phi) is 6.35. The molecule has 1 aromatic rings. The molecule has 0 atom stereocenters. The molecule has 0 saturated carbocycles. The van der Waals surface area contributed by atoms with Crippen molar-refractivity contribution in [2.24, 2.45) is 0 Å². The lowest BCUT2D eigenvalue weighted by Crippen LogP contribution is -2.31. The van der Waals surface area contributed by atoms with Crippen LogP contribution in [-0.4, -0.2) is 37.1 Å². The molecule has 0 fully saturated rings. The number of nitrogens with zero attached hydrogens (tertiary/aromatic N) is 1. The summed E-state index contributed by atoms with van der Waals surface area (Å²) in [5.74, 6) is -0.569. The minimum absolute atomic E-state index is 0.145. The second kappa shape index (κ2) is 8.07. The standard InChI is InChI=1S/C13H18N2O4/c1-3-4-8-19-11(16)9-15-13(17)12-10(18-2)6-5-7-14-12/h5-7H,3-4,8-9H2,1-2H3,(H,15,17). The number of carbonyl (C=O) groups excluding carboxylic acids is 2. The quantitative estimate of drug-likeness (QED) is 0.592. The van der Waals surface area contributed by atoms with Gasteiger partial charge in [0.2, 0.25) is 0 Å². The fourth-order valence-corrected chi connectivity index (χ4v) is 1.34. The van der Waals surface area contributed by atoms with Crippen LogP contribution in [0.5, 0.6) is 5.75 Å². The average Bonchev–Trinajstić information content (AvgIpc) is 2.45. The predicted molar refractivity (Wildman–Crippen MR) is 69.0 cm³/mol. The van der Waals surface area contributed by atoms with Crippen LogP contribution in [0.25, 0.3) is 0 Å². The normalized spacial score (nSPS) is 9.79. The molecule has 0 aliphatic carbocycles. The van der Waals surface area contributed by atoms with E-state index in [1.807, 2.05) is 6.92 Å². The first kappa shape index (κ1) is 14.9. The highest BCUT2D eigenvalue weighted by Crippen LogP contribution is 2.13. The molecule has 0 radical (unpaired) electrons. The maximum atomic E-state index is 11.8. The Morgan fingerprint density at radius 2 is 2.21 bits per heavy atom. The van der Waals surface area contributed by atoms with E-state index in [4.69, 9.17) is 9.47 Å². The zero-order chi connectivity index (χ0) is 14.1. The number of pyridine rings is 1. The third-order valence-electron chi connectivity index (χ3n) is 2.36. The van der Waals surface area contributed by atoms with Crippen molar-refractivity contribution >= 4 is 11.9 Å². The summed E-state index contributed by atoms with van der Waals surface area (Å²) < 4.78 is 9.93. The molecular weight excluding hydrogens is 248 g/mol. The first-order valence-electron chi connectivity index (χ1n) is 6.11. The highest BCUT2D eigenvalue weighted by Gasteiger charge is 2.14. The van der Waals surface area contributed by atoms with E-state index in [1.165, 1.54) is 13.3 Å². The molecule has 1 rings (SSSR count). The third-order valence-corrected chi connectivity index (χ3v) is 2.36. The van der Waals surface area contributed by atoms with Gasteiger partial charge in [-0.25, -0.2) is 4.98 Å². The smallest absolute Gasteiger partial charge is 0.325 e. The number of rotatable bonds is 7. The second-order valence-corrected chi connectivity index (χ2v) is 3.81. The van der Waals surface area contributed by atoms with Gasteiger partial charge < -0.3 is 14.8 Å². The fraction of sp³-hybridized carbons (Fsp3) is 0.462. The van der Waals surface area contributed by atoms with Crippen molar-refractivity contribution in [2.45, 2.75) is 19.8 Å². The Morgan fingerprint density at radius 3 is 2.89 bits per heavy atom. The number of methoxy groups -OCH3 is 1. The van der Waals surface area contributed by atoms with Crippen LogP contribution in [0.3, 0.4) is 0 Å². The second-order valence-electron chi connectivity index (χ2n) is 3.81. The van der Waals surface area contributed by atoms with Crippen molar-refractivity contribution in [2.75, 3.05) is 20.3 Å². The fourth-order valence-electron chi connectivity index (χ4n) is 1.34. The molecule has 1 heterocycles. The van der Waals surface area contributed by atoms with Crippen molar-refractivity contribution < 1.29 is 19.1 Å². The number of carbonyl (C=O) groups is 2. The van der Waals surface area contributed by atoms with Crippen molar-refractivity contribution in [3.05, 3.63) is 24.0 Å². The first-order chi connectivity index (χ1) is 9.19. The molecule has 1 aromatic heterocycles. The summed E-state index contributed by atoms with van der Waals surface area (Å²) in [7, 11) is 1.45. The highest BCUT2D eigenvalue weighted by atomic mass is 16.5. The molecule has 1 amide bonds. The molecule has 0 spiro atoms. The van der Waals surface area contributed by atoms with Crippen LogP contribution in [-0.2, 0) is 9.53 Å².